The van der Waals surface area contributed by atoms with Crippen molar-refractivity contribution in [2.24, 2.45) is 0 Å². The summed E-state index contributed by atoms with van der Waals surface area (Å²) in [6, 6.07) is 0.679. The summed E-state index contributed by atoms with van der Waals surface area (Å²) in [5.41, 5.74) is 0. The van der Waals surface area contributed by atoms with Crippen LogP contribution in [0.15, 0.2) is 0 Å². The first-order valence-corrected chi connectivity index (χ1v) is 4.78. The summed E-state index contributed by atoms with van der Waals surface area (Å²) in [5.74, 6) is 0.984. The number of hydrogen-bond acceptors (Lipinski definition) is 2. The largest absolute Gasteiger partial charge is 0.300 e. The van der Waals surface area contributed by atoms with E-state index in [2.05, 4.69) is 38.3 Å². The van der Waals surface area contributed by atoms with E-state index in [1.165, 1.54) is 6.42 Å². The molecule has 0 saturated carbocycles. The third-order valence-electron chi connectivity index (χ3n) is 2.01. The van der Waals surface area contributed by atoms with Crippen molar-refractivity contribution < 1.29 is 0 Å². The molecule has 0 N–H and O–H groups in total. The Morgan fingerprint density at radius 3 is 1.80 bits per heavy atom. The monoisotopic (exact) mass is 161 g/mol. The third kappa shape index (κ3) is 2.93. The number of thiol groups is 1. The Kier molecular flexibility index (Phi) is 6.24. The van der Waals surface area contributed by atoms with Gasteiger partial charge in [-0.05, 0) is 19.5 Å². The minimum Gasteiger partial charge on any atom is -0.300 e. The summed E-state index contributed by atoms with van der Waals surface area (Å²) in [4.78, 5) is 2.45. The number of hydrogen-bond donors (Lipinski definition) is 1. The first-order valence-electron chi connectivity index (χ1n) is 4.14. The van der Waals surface area contributed by atoms with E-state index in [1.807, 2.05) is 0 Å². The van der Waals surface area contributed by atoms with Crippen LogP contribution < -0.4 is 0 Å². The van der Waals surface area contributed by atoms with Crippen LogP contribution in [0.3, 0.4) is 0 Å². The summed E-state index contributed by atoms with van der Waals surface area (Å²) in [6.07, 6.45) is 1.21. The highest BCUT2D eigenvalue weighted by molar-refractivity contribution is 7.80. The van der Waals surface area contributed by atoms with Crippen molar-refractivity contribution in [3.8, 4) is 0 Å². The number of nitrogens with zero attached hydrogens (tertiary/aromatic N) is 1. The van der Waals surface area contributed by atoms with Crippen LogP contribution >= 0.6 is 12.6 Å². The molecular formula is C8H19NS. The lowest BCUT2D eigenvalue weighted by atomic mass is 10.2. The summed E-state index contributed by atoms with van der Waals surface area (Å²) in [5, 5.41) is 0. The van der Waals surface area contributed by atoms with Crippen LogP contribution in [0.25, 0.3) is 0 Å². The van der Waals surface area contributed by atoms with Gasteiger partial charge in [-0.25, -0.2) is 0 Å². The molecule has 0 saturated heterocycles. The third-order valence-corrected chi connectivity index (χ3v) is 2.43. The van der Waals surface area contributed by atoms with Crippen LogP contribution in [0, 0.1) is 0 Å². The molecule has 0 aromatic carbocycles. The van der Waals surface area contributed by atoms with Gasteiger partial charge in [0.25, 0.3) is 0 Å². The minimum absolute atomic E-state index is 0.679. The van der Waals surface area contributed by atoms with Gasteiger partial charge < -0.3 is 4.90 Å². The Bertz CT molecular complexity index is 57.7. The molecule has 1 unspecified atom stereocenters. The molecule has 0 rings (SSSR count). The fourth-order valence-corrected chi connectivity index (χ4v) is 1.73. The van der Waals surface area contributed by atoms with Crippen molar-refractivity contribution in [1.82, 2.24) is 4.90 Å². The van der Waals surface area contributed by atoms with E-state index in [-0.39, 0.29) is 0 Å². The van der Waals surface area contributed by atoms with Crippen molar-refractivity contribution in [2.45, 2.75) is 33.2 Å². The molecule has 10 heavy (non-hydrogen) atoms. The zero-order chi connectivity index (χ0) is 7.98. The lowest BCUT2D eigenvalue weighted by Crippen LogP contribution is -2.35. The standard InChI is InChI=1S/C8H19NS/c1-4-8(7-10)9(5-2)6-3/h8,10H,4-7H2,1-3H3. The van der Waals surface area contributed by atoms with E-state index < -0.39 is 0 Å². The van der Waals surface area contributed by atoms with Gasteiger partial charge in [-0.2, -0.15) is 12.6 Å². The van der Waals surface area contributed by atoms with Crippen LogP contribution in [0.1, 0.15) is 27.2 Å². The normalized spacial score (nSPS) is 14.1. The molecule has 0 amide bonds. The first kappa shape index (κ1) is 10.3. The first-order chi connectivity index (χ1) is 4.79. The van der Waals surface area contributed by atoms with Gasteiger partial charge in [0.1, 0.15) is 0 Å². The van der Waals surface area contributed by atoms with Gasteiger partial charge in [0, 0.05) is 11.8 Å². The van der Waals surface area contributed by atoms with Gasteiger partial charge in [0.15, 0.2) is 0 Å². The van der Waals surface area contributed by atoms with Crippen molar-refractivity contribution in [3.05, 3.63) is 0 Å². The van der Waals surface area contributed by atoms with Gasteiger partial charge in [0.2, 0.25) is 0 Å². The van der Waals surface area contributed by atoms with Crippen LogP contribution in [0.5, 0.6) is 0 Å². The summed E-state index contributed by atoms with van der Waals surface area (Å²) >= 11 is 4.30. The van der Waals surface area contributed by atoms with Gasteiger partial charge in [-0.15, -0.1) is 0 Å². The van der Waals surface area contributed by atoms with Crippen LogP contribution in [0.2, 0.25) is 0 Å². The molecule has 0 bridgehead atoms. The molecule has 0 aliphatic heterocycles. The second-order valence-corrected chi connectivity index (χ2v) is 2.83. The van der Waals surface area contributed by atoms with Gasteiger partial charge in [0.05, 0.1) is 0 Å². The average molecular weight is 161 g/mol. The fraction of sp³-hybridized carbons (Fsp3) is 1.00. The number of rotatable bonds is 5. The van der Waals surface area contributed by atoms with E-state index in [1.54, 1.807) is 0 Å². The van der Waals surface area contributed by atoms with E-state index in [0.717, 1.165) is 18.8 Å². The Hall–Kier alpha value is 0.310. The Balaban J connectivity index is 3.70. The molecular weight excluding hydrogens is 142 g/mol. The van der Waals surface area contributed by atoms with Crippen LogP contribution in [-0.2, 0) is 0 Å². The maximum absolute atomic E-state index is 4.30. The quantitative estimate of drug-likeness (QED) is 0.604. The molecule has 2 heteroatoms. The van der Waals surface area contributed by atoms with Crippen molar-refractivity contribution in [3.63, 3.8) is 0 Å². The molecule has 62 valence electrons. The van der Waals surface area contributed by atoms with Gasteiger partial charge >= 0.3 is 0 Å². The topological polar surface area (TPSA) is 3.24 Å². The molecule has 0 aromatic rings. The van der Waals surface area contributed by atoms with Crippen molar-refractivity contribution in [1.29, 1.82) is 0 Å². The molecule has 0 aliphatic rings. The molecule has 0 aliphatic carbocycles. The minimum atomic E-state index is 0.679. The molecule has 0 spiro atoms. The second-order valence-electron chi connectivity index (χ2n) is 2.47. The van der Waals surface area contributed by atoms with Crippen LogP contribution in [-0.4, -0.2) is 29.8 Å². The predicted molar refractivity (Wildman–Crippen MR) is 50.9 cm³/mol. The zero-order valence-electron chi connectivity index (χ0n) is 7.30. The zero-order valence-corrected chi connectivity index (χ0v) is 8.19. The van der Waals surface area contributed by atoms with E-state index in [9.17, 15) is 0 Å². The highest BCUT2D eigenvalue weighted by Crippen LogP contribution is 2.04. The Morgan fingerprint density at radius 1 is 1.20 bits per heavy atom. The smallest absolute Gasteiger partial charge is 0.0181 e. The summed E-state index contributed by atoms with van der Waals surface area (Å²) in [7, 11) is 0. The summed E-state index contributed by atoms with van der Waals surface area (Å²) in [6.45, 7) is 8.93. The molecule has 0 radical (unpaired) electrons. The highest BCUT2D eigenvalue weighted by atomic mass is 32.1. The maximum atomic E-state index is 4.30. The molecule has 0 heterocycles. The van der Waals surface area contributed by atoms with Crippen molar-refractivity contribution >= 4 is 12.6 Å². The lowest BCUT2D eigenvalue weighted by Gasteiger charge is -2.26. The van der Waals surface area contributed by atoms with Gasteiger partial charge in [-0.1, -0.05) is 20.8 Å². The Morgan fingerprint density at radius 2 is 1.70 bits per heavy atom. The van der Waals surface area contributed by atoms with Crippen LogP contribution in [0.4, 0.5) is 0 Å². The maximum Gasteiger partial charge on any atom is 0.0181 e. The SMILES string of the molecule is CCC(CS)N(CC)CC. The average Bonchev–Trinajstić information content (AvgIpc) is 2.00. The molecule has 1 nitrogen and oxygen atoms in total. The second kappa shape index (κ2) is 6.05. The Labute approximate surface area is 70.2 Å². The molecule has 1 atom stereocenters. The summed E-state index contributed by atoms with van der Waals surface area (Å²) < 4.78 is 0. The van der Waals surface area contributed by atoms with Crippen molar-refractivity contribution in [2.75, 3.05) is 18.8 Å². The van der Waals surface area contributed by atoms with E-state index >= 15 is 0 Å². The lowest BCUT2D eigenvalue weighted by molar-refractivity contribution is 0.230. The molecule has 0 fully saturated rings. The fourth-order valence-electron chi connectivity index (χ4n) is 1.24. The van der Waals surface area contributed by atoms with E-state index in [4.69, 9.17) is 0 Å². The van der Waals surface area contributed by atoms with E-state index in [0.29, 0.717) is 6.04 Å². The highest BCUT2D eigenvalue weighted by Gasteiger charge is 2.09. The molecule has 0 aromatic heterocycles. The van der Waals surface area contributed by atoms with Gasteiger partial charge in [-0.3, -0.25) is 0 Å². The predicted octanol–water partition coefficient (Wildman–Crippen LogP) is 2.04.